The van der Waals surface area contributed by atoms with Crippen LogP contribution in [0.25, 0.3) is 11.0 Å². The van der Waals surface area contributed by atoms with Gasteiger partial charge in [-0.1, -0.05) is 24.3 Å². The third-order valence-corrected chi connectivity index (χ3v) is 3.35. The van der Waals surface area contributed by atoms with Crippen LogP contribution in [0.4, 0.5) is 18.9 Å². The summed E-state index contributed by atoms with van der Waals surface area (Å²) in [6.45, 7) is -0.118. The van der Waals surface area contributed by atoms with E-state index < -0.39 is 17.6 Å². The standard InChI is InChI=1S/C16H12F3N3O/c17-16(18,19)11-5-1-2-6-12(11)21-15(23)9-22-10-20-13-7-3-4-8-14(13)22/h1-8,10H,9H2,(H,21,23). The van der Waals surface area contributed by atoms with Crippen LogP contribution in [0.5, 0.6) is 0 Å². The summed E-state index contributed by atoms with van der Waals surface area (Å²) in [6.07, 6.45) is -3.04. The van der Waals surface area contributed by atoms with E-state index in [1.807, 2.05) is 6.07 Å². The number of aromatic nitrogens is 2. The Labute approximate surface area is 129 Å². The largest absolute Gasteiger partial charge is 0.418 e. The van der Waals surface area contributed by atoms with Crippen molar-refractivity contribution in [2.24, 2.45) is 0 Å². The van der Waals surface area contributed by atoms with E-state index >= 15 is 0 Å². The van der Waals surface area contributed by atoms with Gasteiger partial charge < -0.3 is 9.88 Å². The number of hydrogen-bond donors (Lipinski definition) is 1. The van der Waals surface area contributed by atoms with E-state index in [1.54, 1.807) is 22.8 Å². The zero-order valence-electron chi connectivity index (χ0n) is 11.8. The molecule has 3 aromatic rings. The van der Waals surface area contributed by atoms with Crippen molar-refractivity contribution in [1.82, 2.24) is 9.55 Å². The third-order valence-electron chi connectivity index (χ3n) is 3.35. The van der Waals surface area contributed by atoms with Gasteiger partial charge in [0.15, 0.2) is 0 Å². The van der Waals surface area contributed by atoms with Crippen LogP contribution < -0.4 is 5.32 Å². The van der Waals surface area contributed by atoms with Crippen LogP contribution in [0.15, 0.2) is 54.9 Å². The molecule has 0 atom stereocenters. The van der Waals surface area contributed by atoms with E-state index in [0.29, 0.717) is 0 Å². The number of carbonyl (C=O) groups excluding carboxylic acids is 1. The fraction of sp³-hybridized carbons (Fsp3) is 0.125. The van der Waals surface area contributed by atoms with Crippen LogP contribution in [-0.2, 0) is 17.5 Å². The van der Waals surface area contributed by atoms with Gasteiger partial charge >= 0.3 is 6.18 Å². The SMILES string of the molecule is O=C(Cn1cnc2ccccc21)Nc1ccccc1C(F)(F)F. The van der Waals surface area contributed by atoms with Gasteiger partial charge in [-0.25, -0.2) is 4.98 Å². The molecule has 0 aliphatic rings. The molecule has 23 heavy (non-hydrogen) atoms. The van der Waals surface area contributed by atoms with E-state index in [0.717, 1.165) is 17.1 Å². The summed E-state index contributed by atoms with van der Waals surface area (Å²) in [4.78, 5) is 16.2. The third kappa shape index (κ3) is 3.18. The predicted octanol–water partition coefficient (Wildman–Crippen LogP) is 3.69. The number of halogens is 3. The zero-order chi connectivity index (χ0) is 16.4. The second kappa shape index (κ2) is 5.75. The molecule has 0 aliphatic heterocycles. The first kappa shape index (κ1) is 15.1. The van der Waals surface area contributed by atoms with E-state index in [2.05, 4.69) is 10.3 Å². The maximum atomic E-state index is 12.9. The average molecular weight is 319 g/mol. The Morgan fingerprint density at radius 1 is 1.09 bits per heavy atom. The lowest BCUT2D eigenvalue weighted by molar-refractivity contribution is -0.137. The van der Waals surface area contributed by atoms with Gasteiger partial charge in [-0.15, -0.1) is 0 Å². The molecule has 1 amide bonds. The molecule has 0 radical (unpaired) electrons. The molecule has 0 fully saturated rings. The number of anilines is 1. The number of carbonyl (C=O) groups is 1. The number of nitrogens with one attached hydrogen (secondary N) is 1. The van der Waals surface area contributed by atoms with Crippen LogP contribution in [0.1, 0.15) is 5.56 Å². The van der Waals surface area contributed by atoms with Crippen LogP contribution in [0.3, 0.4) is 0 Å². The normalized spacial score (nSPS) is 11.6. The van der Waals surface area contributed by atoms with Gasteiger partial charge in [0.05, 0.1) is 28.6 Å². The van der Waals surface area contributed by atoms with Crippen molar-refractivity contribution in [3.63, 3.8) is 0 Å². The second-order valence-electron chi connectivity index (χ2n) is 4.95. The summed E-state index contributed by atoms with van der Waals surface area (Å²) in [5.41, 5.74) is 0.334. The first-order chi connectivity index (χ1) is 10.9. The molecule has 0 saturated carbocycles. The number of hydrogen-bond acceptors (Lipinski definition) is 2. The Bertz CT molecular complexity index is 855. The highest BCUT2D eigenvalue weighted by molar-refractivity contribution is 5.92. The molecule has 118 valence electrons. The van der Waals surface area contributed by atoms with Crippen molar-refractivity contribution in [1.29, 1.82) is 0 Å². The monoisotopic (exact) mass is 319 g/mol. The molecular weight excluding hydrogens is 307 g/mol. The highest BCUT2D eigenvalue weighted by Gasteiger charge is 2.33. The minimum Gasteiger partial charge on any atom is -0.324 e. The van der Waals surface area contributed by atoms with Gasteiger partial charge in [0, 0.05) is 0 Å². The Kier molecular flexibility index (Phi) is 3.77. The van der Waals surface area contributed by atoms with Gasteiger partial charge in [-0.05, 0) is 24.3 Å². The molecule has 7 heteroatoms. The summed E-state index contributed by atoms with van der Waals surface area (Å²) >= 11 is 0. The van der Waals surface area contributed by atoms with Crippen molar-refractivity contribution < 1.29 is 18.0 Å². The number of rotatable bonds is 3. The quantitative estimate of drug-likeness (QED) is 0.800. The first-order valence-electron chi connectivity index (χ1n) is 6.81. The lowest BCUT2D eigenvalue weighted by atomic mass is 10.1. The number of alkyl halides is 3. The van der Waals surface area contributed by atoms with E-state index in [4.69, 9.17) is 0 Å². The molecule has 0 spiro atoms. The van der Waals surface area contributed by atoms with Gasteiger partial charge in [0.1, 0.15) is 6.54 Å². The van der Waals surface area contributed by atoms with Gasteiger partial charge in [-0.3, -0.25) is 4.79 Å². The van der Waals surface area contributed by atoms with Gasteiger partial charge in [0.2, 0.25) is 5.91 Å². The minimum absolute atomic E-state index is 0.118. The average Bonchev–Trinajstić information content (AvgIpc) is 2.90. The molecule has 0 bridgehead atoms. The number of nitrogens with zero attached hydrogens (tertiary/aromatic N) is 2. The maximum Gasteiger partial charge on any atom is 0.418 e. The van der Waals surface area contributed by atoms with Gasteiger partial charge in [-0.2, -0.15) is 13.2 Å². The fourth-order valence-electron chi connectivity index (χ4n) is 2.32. The van der Waals surface area contributed by atoms with Crippen LogP contribution in [0, 0.1) is 0 Å². The fourth-order valence-corrected chi connectivity index (χ4v) is 2.32. The van der Waals surface area contributed by atoms with Crippen molar-refractivity contribution in [2.75, 3.05) is 5.32 Å². The predicted molar refractivity (Wildman–Crippen MR) is 79.8 cm³/mol. The molecule has 1 heterocycles. The summed E-state index contributed by atoms with van der Waals surface area (Å²) in [5, 5.41) is 2.31. The Balaban J connectivity index is 1.81. The molecule has 0 saturated heterocycles. The lowest BCUT2D eigenvalue weighted by Crippen LogP contribution is -2.20. The van der Waals surface area contributed by atoms with Crippen LogP contribution in [-0.4, -0.2) is 15.5 Å². The number of imidazole rings is 1. The van der Waals surface area contributed by atoms with Crippen molar-refractivity contribution in [2.45, 2.75) is 12.7 Å². The van der Waals surface area contributed by atoms with Gasteiger partial charge in [0.25, 0.3) is 0 Å². The molecule has 3 rings (SSSR count). The molecular formula is C16H12F3N3O. The molecule has 2 aromatic carbocycles. The van der Waals surface area contributed by atoms with Crippen molar-refractivity contribution in [3.8, 4) is 0 Å². The number of benzene rings is 2. The summed E-state index contributed by atoms with van der Waals surface area (Å²) in [6, 6.07) is 12.1. The zero-order valence-corrected chi connectivity index (χ0v) is 11.8. The topological polar surface area (TPSA) is 46.9 Å². The lowest BCUT2D eigenvalue weighted by Gasteiger charge is -2.13. The number of fused-ring (bicyclic) bond motifs is 1. The first-order valence-corrected chi connectivity index (χ1v) is 6.81. The molecule has 0 unspecified atom stereocenters. The Morgan fingerprint density at radius 3 is 2.57 bits per heavy atom. The van der Waals surface area contributed by atoms with Crippen LogP contribution >= 0.6 is 0 Å². The highest BCUT2D eigenvalue weighted by Crippen LogP contribution is 2.34. The summed E-state index contributed by atoms with van der Waals surface area (Å²) in [7, 11) is 0. The minimum atomic E-state index is -4.52. The Morgan fingerprint density at radius 2 is 1.78 bits per heavy atom. The molecule has 4 nitrogen and oxygen atoms in total. The second-order valence-corrected chi connectivity index (χ2v) is 4.95. The van der Waals surface area contributed by atoms with Crippen molar-refractivity contribution in [3.05, 3.63) is 60.4 Å². The summed E-state index contributed by atoms with van der Waals surface area (Å²) in [5.74, 6) is -0.551. The van der Waals surface area contributed by atoms with E-state index in [9.17, 15) is 18.0 Å². The number of para-hydroxylation sites is 3. The molecule has 1 aromatic heterocycles. The molecule has 0 aliphatic carbocycles. The molecule has 1 N–H and O–H groups in total. The smallest absolute Gasteiger partial charge is 0.324 e. The number of amides is 1. The Hall–Kier alpha value is -2.83. The highest BCUT2D eigenvalue weighted by atomic mass is 19.4. The maximum absolute atomic E-state index is 12.9. The van der Waals surface area contributed by atoms with E-state index in [1.165, 1.54) is 24.5 Å². The summed E-state index contributed by atoms with van der Waals surface area (Å²) < 4.78 is 40.3. The van der Waals surface area contributed by atoms with E-state index in [-0.39, 0.29) is 12.2 Å². The van der Waals surface area contributed by atoms with Crippen molar-refractivity contribution >= 4 is 22.6 Å². The van der Waals surface area contributed by atoms with Crippen LogP contribution in [0.2, 0.25) is 0 Å².